The van der Waals surface area contributed by atoms with Crippen molar-refractivity contribution in [1.82, 2.24) is 14.8 Å². The van der Waals surface area contributed by atoms with Gasteiger partial charge in [0.1, 0.15) is 0 Å². The van der Waals surface area contributed by atoms with Crippen LogP contribution in [0.4, 0.5) is 5.69 Å². The van der Waals surface area contributed by atoms with Gasteiger partial charge in [-0.05, 0) is 29.8 Å². The molecule has 108 valence electrons. The smallest absolute Gasteiger partial charge is 0.248 e. The molecule has 22 heavy (non-hydrogen) atoms. The minimum atomic E-state index is -0.217. The van der Waals surface area contributed by atoms with Crippen molar-refractivity contribution >= 4 is 17.7 Å². The van der Waals surface area contributed by atoms with Gasteiger partial charge in [-0.25, -0.2) is 9.67 Å². The Labute approximate surface area is 127 Å². The number of rotatable bonds is 4. The molecule has 3 aromatic rings. The molecule has 0 radical (unpaired) electrons. The number of nitrogens with one attached hydrogen (secondary N) is 1. The van der Waals surface area contributed by atoms with Gasteiger partial charge in [0.2, 0.25) is 5.91 Å². The lowest BCUT2D eigenvalue weighted by Gasteiger charge is -2.08. The minimum absolute atomic E-state index is 0.217. The van der Waals surface area contributed by atoms with Crippen LogP contribution < -0.4 is 5.32 Å². The van der Waals surface area contributed by atoms with Crippen LogP contribution in [0.25, 0.3) is 11.9 Å². The van der Waals surface area contributed by atoms with Crippen LogP contribution in [-0.4, -0.2) is 20.7 Å². The lowest BCUT2D eigenvalue weighted by Crippen LogP contribution is -2.11. The number of amides is 1. The summed E-state index contributed by atoms with van der Waals surface area (Å²) in [5, 5.41) is 6.95. The summed E-state index contributed by atoms with van der Waals surface area (Å²) in [5.74, 6) is 0.360. The number of benzene rings is 1. The van der Waals surface area contributed by atoms with Crippen LogP contribution in [0.2, 0.25) is 0 Å². The summed E-state index contributed by atoms with van der Waals surface area (Å²) in [7, 11) is 0. The summed E-state index contributed by atoms with van der Waals surface area (Å²) in [6.07, 6.45) is 8.36. The molecule has 1 N–H and O–H groups in total. The summed E-state index contributed by atoms with van der Waals surface area (Å²) in [4.78, 5) is 16.3. The fourth-order valence-corrected chi connectivity index (χ4v) is 1.98. The van der Waals surface area contributed by atoms with Gasteiger partial charge in [0.15, 0.2) is 5.82 Å². The third-order valence-corrected chi connectivity index (χ3v) is 2.99. The van der Waals surface area contributed by atoms with E-state index < -0.39 is 0 Å². The monoisotopic (exact) mass is 290 g/mol. The standard InChI is InChI=1S/C17H14N4O/c22-16(10-9-14-6-2-1-3-7-14)20-15-8-4-11-18-17(15)21-13-5-12-19-21/h1-13H,(H,20,22)/b10-9+. The molecule has 5 nitrogen and oxygen atoms in total. The first-order valence-electron chi connectivity index (χ1n) is 6.82. The van der Waals surface area contributed by atoms with Gasteiger partial charge in [-0.1, -0.05) is 30.3 Å². The summed E-state index contributed by atoms with van der Waals surface area (Å²) < 4.78 is 1.61. The topological polar surface area (TPSA) is 59.8 Å². The summed E-state index contributed by atoms with van der Waals surface area (Å²) in [6, 6.07) is 15.0. The Hall–Kier alpha value is -3.21. The number of anilines is 1. The van der Waals surface area contributed by atoms with E-state index in [1.54, 1.807) is 47.5 Å². The molecule has 0 fully saturated rings. The highest BCUT2D eigenvalue weighted by Crippen LogP contribution is 2.16. The first-order chi connectivity index (χ1) is 10.8. The predicted octanol–water partition coefficient (Wildman–Crippen LogP) is 2.92. The largest absolute Gasteiger partial charge is 0.319 e. The molecular weight excluding hydrogens is 276 g/mol. The quantitative estimate of drug-likeness (QED) is 0.752. The van der Waals surface area contributed by atoms with Crippen LogP contribution >= 0.6 is 0 Å². The second kappa shape index (κ2) is 6.49. The molecule has 5 heteroatoms. The van der Waals surface area contributed by atoms with Crippen molar-refractivity contribution in [1.29, 1.82) is 0 Å². The van der Waals surface area contributed by atoms with Crippen LogP contribution in [0.5, 0.6) is 0 Å². The Balaban J connectivity index is 1.76. The molecule has 0 bridgehead atoms. The second-order valence-electron chi connectivity index (χ2n) is 4.56. The van der Waals surface area contributed by atoms with E-state index in [0.717, 1.165) is 5.56 Å². The van der Waals surface area contributed by atoms with Crippen molar-refractivity contribution < 1.29 is 4.79 Å². The molecule has 0 aliphatic rings. The number of hydrogen-bond donors (Lipinski definition) is 1. The molecule has 0 unspecified atom stereocenters. The fourth-order valence-electron chi connectivity index (χ4n) is 1.98. The third-order valence-electron chi connectivity index (χ3n) is 2.99. The van der Waals surface area contributed by atoms with E-state index in [4.69, 9.17) is 0 Å². The van der Waals surface area contributed by atoms with E-state index in [1.807, 2.05) is 30.3 Å². The van der Waals surface area contributed by atoms with Crippen molar-refractivity contribution in [3.63, 3.8) is 0 Å². The number of aromatic nitrogens is 3. The van der Waals surface area contributed by atoms with Gasteiger partial charge in [-0.2, -0.15) is 5.10 Å². The highest BCUT2D eigenvalue weighted by atomic mass is 16.1. The number of nitrogens with zero attached hydrogens (tertiary/aromatic N) is 3. The van der Waals surface area contributed by atoms with E-state index in [0.29, 0.717) is 11.5 Å². The first-order valence-corrected chi connectivity index (χ1v) is 6.82. The van der Waals surface area contributed by atoms with Crippen molar-refractivity contribution in [2.24, 2.45) is 0 Å². The molecule has 2 heterocycles. The van der Waals surface area contributed by atoms with Crippen molar-refractivity contribution in [2.45, 2.75) is 0 Å². The molecule has 1 amide bonds. The molecule has 1 aromatic carbocycles. The van der Waals surface area contributed by atoms with E-state index >= 15 is 0 Å². The average molecular weight is 290 g/mol. The SMILES string of the molecule is O=C(/C=C/c1ccccc1)Nc1cccnc1-n1cccn1. The lowest BCUT2D eigenvalue weighted by molar-refractivity contribution is -0.111. The summed E-state index contributed by atoms with van der Waals surface area (Å²) in [6.45, 7) is 0. The van der Waals surface area contributed by atoms with Crippen LogP contribution in [0.3, 0.4) is 0 Å². The molecule has 0 saturated heterocycles. The van der Waals surface area contributed by atoms with Gasteiger partial charge < -0.3 is 5.32 Å². The third kappa shape index (κ3) is 3.27. The Morgan fingerprint density at radius 2 is 1.91 bits per heavy atom. The van der Waals surface area contributed by atoms with E-state index in [-0.39, 0.29) is 5.91 Å². The maximum absolute atomic E-state index is 12.1. The van der Waals surface area contributed by atoms with Crippen molar-refractivity contribution in [3.05, 3.63) is 78.8 Å². The highest BCUT2D eigenvalue weighted by molar-refractivity contribution is 6.02. The normalized spacial score (nSPS) is 10.7. The van der Waals surface area contributed by atoms with Crippen molar-refractivity contribution in [2.75, 3.05) is 5.32 Å². The Bertz CT molecular complexity index is 779. The maximum atomic E-state index is 12.1. The number of pyridine rings is 1. The number of carbonyl (C=O) groups excluding carboxylic acids is 1. The Morgan fingerprint density at radius 1 is 1.05 bits per heavy atom. The van der Waals surface area contributed by atoms with Crippen LogP contribution in [-0.2, 0) is 4.79 Å². The van der Waals surface area contributed by atoms with Crippen molar-refractivity contribution in [3.8, 4) is 5.82 Å². The van der Waals surface area contributed by atoms with Gasteiger partial charge in [0.05, 0.1) is 5.69 Å². The van der Waals surface area contributed by atoms with Gasteiger partial charge in [0.25, 0.3) is 0 Å². The van der Waals surface area contributed by atoms with Gasteiger partial charge >= 0.3 is 0 Å². The fraction of sp³-hybridized carbons (Fsp3) is 0. The zero-order valence-corrected chi connectivity index (χ0v) is 11.8. The van der Waals surface area contributed by atoms with Gasteiger partial charge in [-0.15, -0.1) is 0 Å². The molecule has 2 aromatic heterocycles. The van der Waals surface area contributed by atoms with Gasteiger partial charge in [0, 0.05) is 24.7 Å². The summed E-state index contributed by atoms with van der Waals surface area (Å²) in [5.41, 5.74) is 1.57. The molecule has 0 saturated carbocycles. The maximum Gasteiger partial charge on any atom is 0.248 e. The zero-order chi connectivity index (χ0) is 15.2. The molecular formula is C17H14N4O. The van der Waals surface area contributed by atoms with Gasteiger partial charge in [-0.3, -0.25) is 4.79 Å². The predicted molar refractivity (Wildman–Crippen MR) is 85.5 cm³/mol. The Morgan fingerprint density at radius 3 is 2.68 bits per heavy atom. The van der Waals surface area contributed by atoms with E-state index in [2.05, 4.69) is 15.4 Å². The van der Waals surface area contributed by atoms with E-state index in [9.17, 15) is 4.79 Å². The molecule has 0 aliphatic heterocycles. The number of carbonyl (C=O) groups is 1. The first kappa shape index (κ1) is 13.8. The highest BCUT2D eigenvalue weighted by Gasteiger charge is 2.07. The molecule has 0 aliphatic carbocycles. The van der Waals surface area contributed by atoms with Crippen LogP contribution in [0.15, 0.2) is 73.2 Å². The lowest BCUT2D eigenvalue weighted by atomic mass is 10.2. The van der Waals surface area contributed by atoms with Crippen LogP contribution in [0.1, 0.15) is 5.56 Å². The minimum Gasteiger partial charge on any atom is -0.319 e. The van der Waals surface area contributed by atoms with Crippen LogP contribution in [0, 0.1) is 0 Å². The summed E-state index contributed by atoms with van der Waals surface area (Å²) >= 11 is 0. The Kier molecular flexibility index (Phi) is 4.06. The molecule has 3 rings (SSSR count). The molecule has 0 spiro atoms. The average Bonchev–Trinajstić information content (AvgIpc) is 3.09. The molecule has 0 atom stereocenters. The number of hydrogen-bond acceptors (Lipinski definition) is 3. The van der Waals surface area contributed by atoms with E-state index in [1.165, 1.54) is 6.08 Å². The second-order valence-corrected chi connectivity index (χ2v) is 4.56. The zero-order valence-electron chi connectivity index (χ0n) is 11.8.